The van der Waals surface area contributed by atoms with Gasteiger partial charge in [0.1, 0.15) is 0 Å². The summed E-state index contributed by atoms with van der Waals surface area (Å²) in [6.45, 7) is 0. The second-order valence-corrected chi connectivity index (χ2v) is 24.5. The molecule has 19 aromatic rings. The minimum absolute atomic E-state index is 0.530. The standard InChI is InChI=1S/C86H58N8/c87-85-75-53-63(89(55-33-41-59(42-34-55)91-77-25-9-1-17-67(77)68-18-2-10-26-78(68)91)56-35-43-60(44-36-56)92-79-27-11-3-19-69(79)70-20-4-12-28-80(70)92)49-51-65(75)66-52-50-64(54-76(66)86(85)88)90(57-37-45-61(46-38-57)93-81-29-13-5-21-71(81)72-22-6-14-30-82(72)93)58-39-47-62(48-40-58)94-83-31-15-7-23-73(83)74-24-8-16-32-84(74)94/h1-54H,87-88H2. The average molecular weight is 1200 g/mol. The van der Waals surface area contributed by atoms with E-state index in [-0.39, 0.29) is 0 Å². The maximum atomic E-state index is 7.43. The Morgan fingerprint density at radius 2 is 0.351 bits per heavy atom. The number of nitrogen functional groups attached to an aromatic ring is 2. The fourth-order valence-corrected chi connectivity index (χ4v) is 15.2. The highest BCUT2D eigenvalue weighted by molar-refractivity contribution is 6.21. The van der Waals surface area contributed by atoms with Crippen molar-refractivity contribution < 1.29 is 0 Å². The molecule has 4 heterocycles. The second kappa shape index (κ2) is 20.9. The molecule has 8 nitrogen and oxygen atoms in total. The summed E-state index contributed by atoms with van der Waals surface area (Å²) >= 11 is 0. The number of para-hydroxylation sites is 8. The monoisotopic (exact) mass is 1200 g/mol. The van der Waals surface area contributed by atoms with Gasteiger partial charge < -0.3 is 39.5 Å². The molecule has 19 rings (SSSR count). The smallest absolute Gasteiger partial charge is 0.0634 e. The van der Waals surface area contributed by atoms with E-state index in [1.54, 1.807) is 0 Å². The minimum atomic E-state index is 0.530. The maximum absolute atomic E-state index is 7.43. The van der Waals surface area contributed by atoms with Crippen LogP contribution in [0, 0.1) is 0 Å². The van der Waals surface area contributed by atoms with Crippen molar-refractivity contribution in [2.45, 2.75) is 0 Å². The fraction of sp³-hybridized carbons (Fsp3) is 0. The van der Waals surface area contributed by atoms with Gasteiger partial charge in [-0.3, -0.25) is 0 Å². The number of rotatable bonds is 10. The summed E-state index contributed by atoms with van der Waals surface area (Å²) in [4.78, 5) is 4.65. The number of nitrogens with zero attached hydrogens (tertiary/aromatic N) is 6. The van der Waals surface area contributed by atoms with Gasteiger partial charge in [-0.25, -0.2) is 0 Å². The van der Waals surface area contributed by atoms with E-state index in [1.807, 2.05) is 0 Å². The zero-order valence-electron chi connectivity index (χ0n) is 51.0. The number of anilines is 8. The first-order chi connectivity index (χ1) is 46.5. The summed E-state index contributed by atoms with van der Waals surface area (Å²) in [5.41, 5.74) is 35.4. The largest absolute Gasteiger partial charge is 0.397 e. The van der Waals surface area contributed by atoms with Gasteiger partial charge in [0.05, 0.1) is 55.5 Å². The highest BCUT2D eigenvalue weighted by Crippen LogP contribution is 2.47. The Morgan fingerprint density at radius 3 is 0.553 bits per heavy atom. The van der Waals surface area contributed by atoms with Crippen molar-refractivity contribution in [3.63, 3.8) is 0 Å². The van der Waals surface area contributed by atoms with Gasteiger partial charge in [-0.05, 0) is 181 Å². The lowest BCUT2D eigenvalue weighted by Gasteiger charge is -2.28. The molecule has 0 saturated carbocycles. The van der Waals surface area contributed by atoms with Crippen LogP contribution >= 0.6 is 0 Å². The molecule has 0 bridgehead atoms. The molecule has 0 atom stereocenters. The van der Waals surface area contributed by atoms with Gasteiger partial charge in [0.25, 0.3) is 0 Å². The Bertz CT molecular complexity index is 5340. The first-order valence-corrected chi connectivity index (χ1v) is 32.0. The number of nitrogens with two attached hydrogens (primary N) is 2. The Morgan fingerprint density at radius 1 is 0.170 bits per heavy atom. The molecule has 0 saturated heterocycles. The van der Waals surface area contributed by atoms with E-state index in [4.69, 9.17) is 11.5 Å². The predicted molar refractivity (Wildman–Crippen MR) is 397 cm³/mol. The van der Waals surface area contributed by atoms with Gasteiger partial charge in [0, 0.05) is 111 Å². The summed E-state index contributed by atoms with van der Waals surface area (Å²) in [5, 5.41) is 13.6. The topological polar surface area (TPSA) is 78.2 Å². The number of benzene rings is 15. The second-order valence-electron chi connectivity index (χ2n) is 24.5. The molecule has 4 N–H and O–H groups in total. The van der Waals surface area contributed by atoms with Gasteiger partial charge in [-0.15, -0.1) is 0 Å². The van der Waals surface area contributed by atoms with Crippen molar-refractivity contribution in [1.29, 1.82) is 0 Å². The predicted octanol–water partition coefficient (Wildman–Crippen LogP) is 22.5. The van der Waals surface area contributed by atoms with Crippen LogP contribution in [0.3, 0.4) is 0 Å². The zero-order valence-corrected chi connectivity index (χ0v) is 51.0. The average Bonchev–Trinajstić information content (AvgIpc) is 1.68. The summed E-state index contributed by atoms with van der Waals surface area (Å²) in [7, 11) is 0. The van der Waals surface area contributed by atoms with Crippen molar-refractivity contribution in [3.05, 3.63) is 328 Å². The van der Waals surface area contributed by atoms with Gasteiger partial charge in [-0.2, -0.15) is 0 Å². The lowest BCUT2D eigenvalue weighted by molar-refractivity contribution is 1.17. The van der Waals surface area contributed by atoms with E-state index in [0.717, 1.165) is 78.4 Å². The number of fused-ring (bicyclic) bond motifs is 15. The van der Waals surface area contributed by atoms with Crippen molar-refractivity contribution >= 4 is 154 Å². The summed E-state index contributed by atoms with van der Waals surface area (Å²) in [6, 6.07) is 118. The van der Waals surface area contributed by atoms with E-state index >= 15 is 0 Å². The summed E-state index contributed by atoms with van der Waals surface area (Å²) in [6.07, 6.45) is 0. The molecular formula is C86H58N8. The van der Waals surface area contributed by atoms with Gasteiger partial charge >= 0.3 is 0 Å². The van der Waals surface area contributed by atoms with E-state index in [2.05, 4.69) is 356 Å². The third kappa shape index (κ3) is 8.06. The molecule has 0 aliphatic rings. The van der Waals surface area contributed by atoms with Crippen LogP contribution in [0.4, 0.5) is 45.5 Å². The third-order valence-electron chi connectivity index (χ3n) is 19.5. The van der Waals surface area contributed by atoms with Crippen molar-refractivity contribution in [2.75, 3.05) is 21.3 Å². The molecule has 0 aliphatic carbocycles. The molecule has 15 aromatic carbocycles. The molecular weight excluding hydrogens is 1150 g/mol. The van der Waals surface area contributed by atoms with E-state index in [9.17, 15) is 0 Å². The molecule has 442 valence electrons. The Kier molecular flexibility index (Phi) is 11.8. The van der Waals surface area contributed by atoms with Crippen LogP contribution in [0.1, 0.15) is 0 Å². The number of aromatic nitrogens is 4. The van der Waals surface area contributed by atoms with E-state index in [0.29, 0.717) is 11.4 Å². The molecule has 0 amide bonds. The molecule has 0 spiro atoms. The van der Waals surface area contributed by atoms with Crippen molar-refractivity contribution in [1.82, 2.24) is 18.3 Å². The molecule has 0 fully saturated rings. The van der Waals surface area contributed by atoms with Gasteiger partial charge in [0.15, 0.2) is 0 Å². The molecule has 94 heavy (non-hydrogen) atoms. The maximum Gasteiger partial charge on any atom is 0.0634 e. The zero-order chi connectivity index (χ0) is 62.1. The lowest BCUT2D eigenvalue weighted by Crippen LogP contribution is -2.11. The van der Waals surface area contributed by atoms with Crippen molar-refractivity contribution in [2.24, 2.45) is 0 Å². The van der Waals surface area contributed by atoms with Crippen LogP contribution in [-0.4, -0.2) is 18.3 Å². The Labute approximate surface area is 541 Å². The highest BCUT2D eigenvalue weighted by atomic mass is 15.2. The van der Waals surface area contributed by atoms with Crippen LogP contribution < -0.4 is 21.3 Å². The number of hydrogen-bond acceptors (Lipinski definition) is 4. The first-order valence-electron chi connectivity index (χ1n) is 32.0. The highest BCUT2D eigenvalue weighted by Gasteiger charge is 2.23. The van der Waals surface area contributed by atoms with Crippen LogP contribution in [0.5, 0.6) is 0 Å². The lowest BCUT2D eigenvalue weighted by atomic mass is 9.96. The SMILES string of the molecule is Nc1c(N)c2cc(N(c3ccc(-n4c5ccccc5c5ccccc54)cc3)c3ccc(-n4c5ccccc5c5ccccc54)cc3)ccc2c2ccc(N(c3ccc(-n4c5ccccc5c5ccccc54)cc3)c3ccc(-n4c5ccccc5c5ccccc54)cc3)cc12. The normalized spacial score (nSPS) is 11.9. The Hall–Kier alpha value is -12.8. The van der Waals surface area contributed by atoms with Crippen LogP contribution in [0.15, 0.2) is 328 Å². The van der Waals surface area contributed by atoms with Crippen molar-refractivity contribution in [3.8, 4) is 22.7 Å². The summed E-state index contributed by atoms with van der Waals surface area (Å²) in [5.74, 6) is 0. The van der Waals surface area contributed by atoms with Crippen LogP contribution in [0.2, 0.25) is 0 Å². The molecule has 4 aromatic heterocycles. The van der Waals surface area contributed by atoms with Crippen LogP contribution in [-0.2, 0) is 0 Å². The van der Waals surface area contributed by atoms with Gasteiger partial charge in [0.2, 0.25) is 0 Å². The first kappa shape index (κ1) is 53.1. The minimum Gasteiger partial charge on any atom is -0.397 e. The summed E-state index contributed by atoms with van der Waals surface area (Å²) < 4.78 is 9.45. The fourth-order valence-electron chi connectivity index (χ4n) is 15.2. The van der Waals surface area contributed by atoms with E-state index in [1.165, 1.54) is 87.2 Å². The number of hydrogen-bond donors (Lipinski definition) is 2. The van der Waals surface area contributed by atoms with Crippen LogP contribution in [0.25, 0.3) is 132 Å². The molecule has 0 aliphatic heterocycles. The Balaban J connectivity index is 0.742. The van der Waals surface area contributed by atoms with E-state index < -0.39 is 0 Å². The molecule has 0 unspecified atom stereocenters. The molecule has 0 radical (unpaired) electrons. The molecule has 8 heteroatoms. The van der Waals surface area contributed by atoms with Gasteiger partial charge in [-0.1, -0.05) is 158 Å². The quantitative estimate of drug-likeness (QED) is 0.0812. The third-order valence-corrected chi connectivity index (χ3v) is 19.5.